The first-order valence-corrected chi connectivity index (χ1v) is 9.68. The SMILES string of the molecule is C1=CC2c3ccccc3C1N2P(c1ccccc1)c1ccccc1. The molecule has 0 amide bonds. The molecule has 2 atom stereocenters. The Morgan fingerprint density at radius 1 is 0.542 bits per heavy atom. The van der Waals surface area contributed by atoms with E-state index in [1.54, 1.807) is 0 Å². The van der Waals surface area contributed by atoms with Crippen LogP contribution < -0.4 is 10.6 Å². The van der Waals surface area contributed by atoms with Crippen LogP contribution in [0.4, 0.5) is 0 Å². The fourth-order valence-corrected chi connectivity index (χ4v) is 6.55. The van der Waals surface area contributed by atoms with Gasteiger partial charge in [-0.1, -0.05) is 97.1 Å². The summed E-state index contributed by atoms with van der Waals surface area (Å²) in [7, 11) is -0.544. The average molecular weight is 327 g/mol. The van der Waals surface area contributed by atoms with Crippen molar-refractivity contribution >= 4 is 18.7 Å². The number of benzene rings is 3. The van der Waals surface area contributed by atoms with Gasteiger partial charge in [0.2, 0.25) is 0 Å². The van der Waals surface area contributed by atoms with E-state index in [-0.39, 0.29) is 0 Å². The maximum absolute atomic E-state index is 2.71. The predicted molar refractivity (Wildman–Crippen MR) is 102 cm³/mol. The summed E-state index contributed by atoms with van der Waals surface area (Å²) in [4.78, 5) is 0. The first kappa shape index (κ1) is 14.2. The van der Waals surface area contributed by atoms with Crippen molar-refractivity contribution in [3.63, 3.8) is 0 Å². The molecule has 0 aromatic heterocycles. The molecule has 3 aromatic carbocycles. The Morgan fingerprint density at radius 3 is 1.42 bits per heavy atom. The Morgan fingerprint density at radius 2 is 0.958 bits per heavy atom. The fourth-order valence-electron chi connectivity index (χ4n) is 3.90. The topological polar surface area (TPSA) is 3.24 Å². The van der Waals surface area contributed by atoms with Gasteiger partial charge in [-0.05, 0) is 21.7 Å². The van der Waals surface area contributed by atoms with Gasteiger partial charge >= 0.3 is 0 Å². The van der Waals surface area contributed by atoms with E-state index in [9.17, 15) is 0 Å². The van der Waals surface area contributed by atoms with Crippen molar-refractivity contribution in [2.24, 2.45) is 0 Å². The molecular weight excluding hydrogens is 309 g/mol. The smallest absolute Gasteiger partial charge is 0.0587 e. The zero-order valence-corrected chi connectivity index (χ0v) is 14.2. The van der Waals surface area contributed by atoms with Gasteiger partial charge < -0.3 is 0 Å². The van der Waals surface area contributed by atoms with Gasteiger partial charge in [-0.15, -0.1) is 0 Å². The second-order valence-electron chi connectivity index (χ2n) is 6.27. The Balaban J connectivity index is 1.65. The minimum Gasteiger partial charge on any atom is -0.253 e. The van der Waals surface area contributed by atoms with Crippen LogP contribution in [-0.4, -0.2) is 4.67 Å². The average Bonchev–Trinajstić information content (AvgIpc) is 3.21. The summed E-state index contributed by atoms with van der Waals surface area (Å²) in [6.45, 7) is 0. The zero-order valence-electron chi connectivity index (χ0n) is 13.3. The number of hydrogen-bond donors (Lipinski definition) is 0. The van der Waals surface area contributed by atoms with E-state index >= 15 is 0 Å². The molecule has 1 nitrogen and oxygen atoms in total. The van der Waals surface area contributed by atoms with E-state index in [2.05, 4.69) is 102 Å². The summed E-state index contributed by atoms with van der Waals surface area (Å²) in [5, 5.41) is 2.84. The van der Waals surface area contributed by atoms with Crippen LogP contribution in [0.25, 0.3) is 0 Å². The van der Waals surface area contributed by atoms with Crippen molar-refractivity contribution < 1.29 is 0 Å². The van der Waals surface area contributed by atoms with Crippen LogP contribution in [0.5, 0.6) is 0 Å². The van der Waals surface area contributed by atoms with Crippen molar-refractivity contribution in [2.75, 3.05) is 0 Å². The third-order valence-corrected chi connectivity index (χ3v) is 7.45. The molecule has 5 rings (SSSR count). The van der Waals surface area contributed by atoms with Gasteiger partial charge in [-0.2, -0.15) is 0 Å². The normalized spacial score (nSPS) is 21.4. The van der Waals surface area contributed by atoms with Crippen molar-refractivity contribution in [1.82, 2.24) is 4.67 Å². The Bertz CT molecular complexity index is 816. The van der Waals surface area contributed by atoms with Gasteiger partial charge in [-0.25, -0.2) is 0 Å². The standard InChI is InChI=1S/C22H18NP/c1-3-9-17(10-4-1)24(18-11-5-2-6-12-18)23-21-15-16-22(23)20-14-8-7-13-19(20)21/h1-16,21-22H. The van der Waals surface area contributed by atoms with E-state index < -0.39 is 8.07 Å². The minimum absolute atomic E-state index is 0.401. The lowest BCUT2D eigenvalue weighted by atomic mass is 9.97. The lowest BCUT2D eigenvalue weighted by Gasteiger charge is -2.33. The van der Waals surface area contributed by atoms with Gasteiger partial charge in [-0.3, -0.25) is 4.67 Å². The van der Waals surface area contributed by atoms with Gasteiger partial charge in [0, 0.05) is 8.07 Å². The Hall–Kier alpha value is -2.21. The zero-order chi connectivity index (χ0) is 15.9. The summed E-state index contributed by atoms with van der Waals surface area (Å²) in [5.41, 5.74) is 2.95. The molecule has 2 heteroatoms. The molecule has 2 heterocycles. The third-order valence-electron chi connectivity index (χ3n) is 4.91. The highest BCUT2D eigenvalue weighted by Gasteiger charge is 2.44. The largest absolute Gasteiger partial charge is 0.253 e. The Labute approximate surface area is 144 Å². The lowest BCUT2D eigenvalue weighted by Crippen LogP contribution is -2.26. The van der Waals surface area contributed by atoms with Gasteiger partial charge in [0.25, 0.3) is 0 Å². The van der Waals surface area contributed by atoms with Crippen LogP contribution >= 0.6 is 8.07 Å². The summed E-state index contributed by atoms with van der Waals surface area (Å²) in [6, 6.07) is 31.7. The van der Waals surface area contributed by atoms with Gasteiger partial charge in [0.05, 0.1) is 12.1 Å². The summed E-state index contributed by atoms with van der Waals surface area (Å²) < 4.78 is 2.71. The molecule has 0 saturated heterocycles. The van der Waals surface area contributed by atoms with E-state index in [4.69, 9.17) is 0 Å². The highest BCUT2D eigenvalue weighted by atomic mass is 31.1. The van der Waals surface area contributed by atoms with Gasteiger partial charge in [0.15, 0.2) is 0 Å². The first-order chi connectivity index (χ1) is 11.9. The maximum atomic E-state index is 2.71. The van der Waals surface area contributed by atoms with Crippen LogP contribution in [0, 0.1) is 0 Å². The molecule has 0 saturated carbocycles. The molecule has 0 N–H and O–H groups in total. The lowest BCUT2D eigenvalue weighted by molar-refractivity contribution is 0.430. The van der Waals surface area contributed by atoms with Crippen LogP contribution in [0.3, 0.4) is 0 Å². The second kappa shape index (κ2) is 5.70. The van der Waals surface area contributed by atoms with E-state index in [0.717, 1.165) is 0 Å². The molecule has 2 aliphatic rings. The van der Waals surface area contributed by atoms with Crippen LogP contribution in [0.2, 0.25) is 0 Å². The van der Waals surface area contributed by atoms with Crippen LogP contribution in [0.1, 0.15) is 23.2 Å². The molecule has 2 aliphatic heterocycles. The van der Waals surface area contributed by atoms with Crippen LogP contribution in [0.15, 0.2) is 97.1 Å². The second-order valence-corrected chi connectivity index (χ2v) is 8.38. The molecule has 0 fully saturated rings. The Kier molecular flexibility index (Phi) is 3.36. The number of hydrogen-bond acceptors (Lipinski definition) is 1. The van der Waals surface area contributed by atoms with Crippen molar-refractivity contribution in [3.05, 3.63) is 108 Å². The van der Waals surface area contributed by atoms with Crippen molar-refractivity contribution in [2.45, 2.75) is 12.1 Å². The highest BCUT2D eigenvalue weighted by Crippen LogP contribution is 2.59. The van der Waals surface area contributed by atoms with Crippen molar-refractivity contribution in [3.8, 4) is 0 Å². The minimum atomic E-state index is -0.544. The number of nitrogens with zero attached hydrogens (tertiary/aromatic N) is 1. The molecule has 2 bridgehead atoms. The predicted octanol–water partition coefficient (Wildman–Crippen LogP) is 4.70. The molecule has 2 unspecified atom stereocenters. The number of rotatable bonds is 3. The number of fused-ring (bicyclic) bond motifs is 5. The molecule has 24 heavy (non-hydrogen) atoms. The highest BCUT2D eigenvalue weighted by molar-refractivity contribution is 7.70. The third kappa shape index (κ3) is 2.09. The monoisotopic (exact) mass is 327 g/mol. The molecular formula is C22H18NP. The molecule has 0 radical (unpaired) electrons. The first-order valence-electron chi connectivity index (χ1n) is 8.39. The van der Waals surface area contributed by atoms with Crippen molar-refractivity contribution in [1.29, 1.82) is 0 Å². The summed E-state index contributed by atoms with van der Waals surface area (Å²) in [5.74, 6) is 0. The van der Waals surface area contributed by atoms with E-state index in [1.165, 1.54) is 21.7 Å². The molecule has 116 valence electrons. The van der Waals surface area contributed by atoms with E-state index in [1.807, 2.05) is 0 Å². The summed E-state index contributed by atoms with van der Waals surface area (Å²) in [6.07, 6.45) is 4.77. The molecule has 3 aromatic rings. The molecule has 0 aliphatic carbocycles. The fraction of sp³-hybridized carbons (Fsp3) is 0.0909. The van der Waals surface area contributed by atoms with Gasteiger partial charge in [0.1, 0.15) is 0 Å². The van der Waals surface area contributed by atoms with Crippen LogP contribution in [-0.2, 0) is 0 Å². The maximum Gasteiger partial charge on any atom is 0.0587 e. The van der Waals surface area contributed by atoms with E-state index in [0.29, 0.717) is 12.1 Å². The molecule has 0 spiro atoms. The summed E-state index contributed by atoms with van der Waals surface area (Å²) >= 11 is 0. The quantitative estimate of drug-likeness (QED) is 0.498.